The van der Waals surface area contributed by atoms with Gasteiger partial charge in [0.2, 0.25) is 6.79 Å². The maximum Gasteiger partial charge on any atom is 0.254 e. The summed E-state index contributed by atoms with van der Waals surface area (Å²) in [6.45, 7) is 2.52. The molecule has 0 saturated heterocycles. The molecule has 2 rings (SSSR count). The van der Waals surface area contributed by atoms with Crippen LogP contribution in [0.2, 0.25) is 0 Å². The second-order valence-electron chi connectivity index (χ2n) is 3.80. The van der Waals surface area contributed by atoms with Gasteiger partial charge in [0.25, 0.3) is 5.91 Å². The lowest BCUT2D eigenvalue weighted by Crippen LogP contribution is -2.16. The normalized spacial score (nSPS) is 12.2. The Morgan fingerprint density at radius 1 is 1.55 bits per heavy atom. The van der Waals surface area contributed by atoms with Crippen molar-refractivity contribution in [2.24, 2.45) is 5.10 Å². The van der Waals surface area contributed by atoms with Crippen molar-refractivity contribution in [3.63, 3.8) is 0 Å². The lowest BCUT2D eigenvalue weighted by molar-refractivity contribution is -0.120. The maximum absolute atomic E-state index is 11.1. The summed E-state index contributed by atoms with van der Waals surface area (Å²) < 4.78 is 16.0. The summed E-state index contributed by atoms with van der Waals surface area (Å²) in [5.41, 5.74) is 2.90. The Morgan fingerprint density at radius 3 is 3.00 bits per heavy atom. The molecule has 7 heteroatoms. The van der Waals surface area contributed by atoms with Crippen LogP contribution in [0, 0.1) is 11.3 Å². The van der Waals surface area contributed by atoms with Crippen molar-refractivity contribution in [1.82, 2.24) is 5.43 Å². The third-order valence-corrected chi connectivity index (χ3v) is 2.44. The van der Waals surface area contributed by atoms with E-state index in [9.17, 15) is 4.79 Å². The lowest BCUT2D eigenvalue weighted by Gasteiger charge is -2.08. The van der Waals surface area contributed by atoms with E-state index in [0.29, 0.717) is 29.4 Å². The van der Waals surface area contributed by atoms with Crippen LogP contribution in [0.15, 0.2) is 17.2 Å². The van der Waals surface area contributed by atoms with Crippen molar-refractivity contribution >= 4 is 12.1 Å². The molecule has 1 aliphatic heterocycles. The fraction of sp³-hybridized carbons (Fsp3) is 0.308. The van der Waals surface area contributed by atoms with Crippen molar-refractivity contribution in [3.8, 4) is 23.3 Å². The Balaban J connectivity index is 2.15. The molecule has 1 amide bonds. The summed E-state index contributed by atoms with van der Waals surface area (Å²) in [5, 5.41) is 12.1. The van der Waals surface area contributed by atoms with Crippen LogP contribution in [-0.2, 0) is 4.79 Å². The monoisotopic (exact) mass is 275 g/mol. The molecule has 0 aliphatic carbocycles. The van der Waals surface area contributed by atoms with Gasteiger partial charge in [0.05, 0.1) is 18.9 Å². The number of nitrogens with zero attached hydrogens (tertiary/aromatic N) is 2. The molecule has 20 heavy (non-hydrogen) atoms. The second-order valence-corrected chi connectivity index (χ2v) is 3.80. The van der Waals surface area contributed by atoms with Crippen molar-refractivity contribution in [2.45, 2.75) is 13.3 Å². The van der Waals surface area contributed by atoms with Crippen molar-refractivity contribution in [2.75, 3.05) is 13.4 Å². The van der Waals surface area contributed by atoms with Crippen LogP contribution in [0.25, 0.3) is 0 Å². The molecule has 7 nitrogen and oxygen atoms in total. The van der Waals surface area contributed by atoms with Crippen LogP contribution in [-0.4, -0.2) is 25.5 Å². The summed E-state index contributed by atoms with van der Waals surface area (Å²) >= 11 is 0. The number of fused-ring (bicyclic) bond motifs is 1. The van der Waals surface area contributed by atoms with Gasteiger partial charge in [-0.1, -0.05) is 0 Å². The molecule has 1 heterocycles. The molecule has 0 aromatic heterocycles. The van der Waals surface area contributed by atoms with E-state index in [2.05, 4.69) is 10.5 Å². The van der Waals surface area contributed by atoms with Crippen LogP contribution in [0.4, 0.5) is 0 Å². The number of nitrogens with one attached hydrogen (secondary N) is 1. The number of benzene rings is 1. The number of hydrogen-bond acceptors (Lipinski definition) is 6. The zero-order valence-corrected chi connectivity index (χ0v) is 10.9. The first-order valence-corrected chi connectivity index (χ1v) is 6.00. The highest BCUT2D eigenvalue weighted by Crippen LogP contribution is 2.37. The fourth-order valence-corrected chi connectivity index (χ4v) is 1.61. The number of carbonyl (C=O) groups is 1. The molecular weight excluding hydrogens is 262 g/mol. The average molecular weight is 275 g/mol. The van der Waals surface area contributed by atoms with Crippen molar-refractivity contribution in [3.05, 3.63) is 17.7 Å². The van der Waals surface area contributed by atoms with E-state index in [4.69, 9.17) is 19.5 Å². The average Bonchev–Trinajstić information content (AvgIpc) is 2.86. The quantitative estimate of drug-likeness (QED) is 0.643. The molecule has 1 N–H and O–H groups in total. The molecule has 1 aromatic carbocycles. The van der Waals surface area contributed by atoms with Gasteiger partial charge in [-0.15, -0.1) is 0 Å². The minimum Gasteiger partial charge on any atom is -0.493 e. The van der Waals surface area contributed by atoms with Crippen LogP contribution in [0.1, 0.15) is 18.9 Å². The summed E-state index contributed by atoms with van der Waals surface area (Å²) in [4.78, 5) is 11.1. The van der Waals surface area contributed by atoms with Gasteiger partial charge in [-0.2, -0.15) is 10.4 Å². The van der Waals surface area contributed by atoms with Crippen LogP contribution in [0.3, 0.4) is 0 Å². The summed E-state index contributed by atoms with van der Waals surface area (Å²) in [6.07, 6.45) is 1.19. The zero-order chi connectivity index (χ0) is 14.4. The predicted octanol–water partition coefficient (Wildman–Crippen LogP) is 1.18. The van der Waals surface area contributed by atoms with Crippen LogP contribution >= 0.6 is 0 Å². The topological polar surface area (TPSA) is 92.9 Å². The van der Waals surface area contributed by atoms with E-state index in [1.807, 2.05) is 6.92 Å². The van der Waals surface area contributed by atoms with E-state index in [1.165, 1.54) is 6.21 Å². The molecule has 1 aromatic rings. The Hall–Kier alpha value is -2.75. The molecule has 0 bridgehead atoms. The lowest BCUT2D eigenvalue weighted by atomic mass is 10.2. The van der Waals surface area contributed by atoms with Gasteiger partial charge in [-0.05, 0) is 13.0 Å². The SMILES string of the molecule is CCOc1cc2c(cc1/C=N/NC(=O)CC#N)OCO2. The molecule has 104 valence electrons. The molecule has 1 aliphatic rings. The smallest absolute Gasteiger partial charge is 0.254 e. The second kappa shape index (κ2) is 6.43. The van der Waals surface area contributed by atoms with Gasteiger partial charge >= 0.3 is 0 Å². The zero-order valence-electron chi connectivity index (χ0n) is 10.9. The summed E-state index contributed by atoms with van der Waals surface area (Å²) in [5.74, 6) is 1.31. The number of amides is 1. The van der Waals surface area contributed by atoms with Gasteiger partial charge in [0.1, 0.15) is 12.2 Å². The first-order valence-electron chi connectivity index (χ1n) is 6.00. The first kappa shape index (κ1) is 13.7. The third-order valence-electron chi connectivity index (χ3n) is 2.44. The molecule has 0 unspecified atom stereocenters. The van der Waals surface area contributed by atoms with Gasteiger partial charge in [-0.25, -0.2) is 5.43 Å². The summed E-state index contributed by atoms with van der Waals surface area (Å²) in [6, 6.07) is 5.16. The van der Waals surface area contributed by atoms with Crippen molar-refractivity contribution < 1.29 is 19.0 Å². The molecule has 0 spiro atoms. The number of hydrogen-bond donors (Lipinski definition) is 1. The van der Waals surface area contributed by atoms with E-state index in [0.717, 1.165) is 0 Å². The van der Waals surface area contributed by atoms with Gasteiger partial charge < -0.3 is 14.2 Å². The minimum atomic E-state index is -0.470. The Morgan fingerprint density at radius 2 is 2.30 bits per heavy atom. The highest BCUT2D eigenvalue weighted by Gasteiger charge is 2.17. The summed E-state index contributed by atoms with van der Waals surface area (Å²) in [7, 11) is 0. The van der Waals surface area contributed by atoms with Crippen molar-refractivity contribution in [1.29, 1.82) is 5.26 Å². The van der Waals surface area contributed by atoms with Gasteiger partial charge in [0, 0.05) is 11.6 Å². The van der Waals surface area contributed by atoms with E-state index in [1.54, 1.807) is 18.2 Å². The largest absolute Gasteiger partial charge is 0.493 e. The Kier molecular flexibility index (Phi) is 4.39. The van der Waals surface area contributed by atoms with Crippen LogP contribution < -0.4 is 19.6 Å². The standard InChI is InChI=1S/C13H13N3O4/c1-2-18-10-6-12-11(19-8-20-12)5-9(10)7-15-16-13(17)3-4-14/h5-7H,2-3,8H2,1H3,(H,16,17)/b15-7+. The van der Waals surface area contributed by atoms with E-state index < -0.39 is 5.91 Å². The van der Waals surface area contributed by atoms with Gasteiger partial charge in [-0.3, -0.25) is 4.79 Å². The molecular formula is C13H13N3O4. The first-order chi connectivity index (χ1) is 9.74. The number of rotatable bonds is 5. The Labute approximate surface area is 115 Å². The molecule has 0 radical (unpaired) electrons. The minimum absolute atomic E-state index is 0.167. The maximum atomic E-state index is 11.1. The highest BCUT2D eigenvalue weighted by molar-refractivity contribution is 5.87. The third kappa shape index (κ3) is 3.17. The number of hydrazone groups is 1. The Bertz CT molecular complexity index is 578. The van der Waals surface area contributed by atoms with Gasteiger partial charge in [0.15, 0.2) is 11.5 Å². The van der Waals surface area contributed by atoms with Crippen LogP contribution in [0.5, 0.6) is 17.2 Å². The number of carbonyl (C=O) groups excluding carboxylic acids is 1. The van der Waals surface area contributed by atoms with E-state index >= 15 is 0 Å². The molecule has 0 atom stereocenters. The predicted molar refractivity (Wildman–Crippen MR) is 69.7 cm³/mol. The fourth-order valence-electron chi connectivity index (χ4n) is 1.61. The number of ether oxygens (including phenoxy) is 3. The number of nitriles is 1. The molecule has 0 saturated carbocycles. The van der Waals surface area contributed by atoms with E-state index in [-0.39, 0.29) is 13.2 Å². The molecule has 0 fully saturated rings. The highest BCUT2D eigenvalue weighted by atomic mass is 16.7.